The Morgan fingerprint density at radius 3 is 2.57 bits per heavy atom. The van der Waals surface area contributed by atoms with Crippen LogP contribution in [0.3, 0.4) is 0 Å². The van der Waals surface area contributed by atoms with Gasteiger partial charge in [0.05, 0.1) is 0 Å². The first-order valence-electron chi connectivity index (χ1n) is 7.18. The predicted octanol–water partition coefficient (Wildman–Crippen LogP) is 2.88. The number of carbonyl (C=O) groups is 1. The van der Waals surface area contributed by atoms with Crippen LogP contribution in [0.5, 0.6) is 0 Å². The Labute approximate surface area is 138 Å². The van der Waals surface area contributed by atoms with Crippen LogP contribution in [0, 0.1) is 5.92 Å². The fourth-order valence-electron chi connectivity index (χ4n) is 2.50. The van der Waals surface area contributed by atoms with E-state index in [4.69, 9.17) is 5.73 Å². The monoisotopic (exact) mass is 328 g/mol. The third-order valence-electron chi connectivity index (χ3n) is 3.94. The Morgan fingerprint density at radius 2 is 2.00 bits per heavy atom. The summed E-state index contributed by atoms with van der Waals surface area (Å²) in [6.07, 6.45) is 0. The van der Waals surface area contributed by atoms with Gasteiger partial charge in [-0.25, -0.2) is 0 Å². The molecule has 1 saturated heterocycles. The lowest BCUT2D eigenvalue weighted by molar-refractivity contribution is -0.136. The summed E-state index contributed by atoms with van der Waals surface area (Å²) in [5, 5.41) is 0.513. The van der Waals surface area contributed by atoms with E-state index in [0.717, 1.165) is 24.4 Å². The molecule has 1 aliphatic heterocycles. The van der Waals surface area contributed by atoms with Crippen molar-refractivity contribution in [3.05, 3.63) is 35.9 Å². The van der Waals surface area contributed by atoms with Gasteiger partial charge in [-0.05, 0) is 18.4 Å². The molecular formula is C16H25ClN2OS. The Kier molecular flexibility index (Phi) is 6.57. The highest BCUT2D eigenvalue weighted by molar-refractivity contribution is 8.00. The molecule has 1 fully saturated rings. The molecule has 3 nitrogen and oxygen atoms in total. The molecule has 0 radical (unpaired) electrons. The number of nitrogens with two attached hydrogens (primary N) is 1. The van der Waals surface area contributed by atoms with Gasteiger partial charge in [-0.1, -0.05) is 44.2 Å². The van der Waals surface area contributed by atoms with Crippen LogP contribution in [0.1, 0.15) is 26.3 Å². The van der Waals surface area contributed by atoms with Crippen molar-refractivity contribution >= 4 is 30.1 Å². The fraction of sp³-hybridized carbons (Fsp3) is 0.562. The zero-order valence-corrected chi connectivity index (χ0v) is 14.5. The molecule has 0 aromatic heterocycles. The van der Waals surface area contributed by atoms with Crippen molar-refractivity contribution in [1.82, 2.24) is 4.90 Å². The summed E-state index contributed by atoms with van der Waals surface area (Å²) in [6, 6.07) is 9.65. The molecule has 1 amide bonds. The van der Waals surface area contributed by atoms with E-state index in [-0.39, 0.29) is 18.3 Å². The average molecular weight is 329 g/mol. The van der Waals surface area contributed by atoms with Crippen molar-refractivity contribution in [3.63, 3.8) is 0 Å². The molecule has 0 spiro atoms. The van der Waals surface area contributed by atoms with Crippen LogP contribution in [-0.2, 0) is 10.3 Å². The lowest BCUT2D eigenvalue weighted by atomic mass is 9.91. The molecule has 118 valence electrons. The lowest BCUT2D eigenvalue weighted by Gasteiger charge is -2.38. The normalized spacial score (nSPS) is 21.6. The van der Waals surface area contributed by atoms with Crippen molar-refractivity contribution in [3.8, 4) is 0 Å². The van der Waals surface area contributed by atoms with Crippen molar-refractivity contribution in [2.75, 3.05) is 18.8 Å². The van der Waals surface area contributed by atoms with Gasteiger partial charge in [0.25, 0.3) is 0 Å². The molecule has 2 unspecified atom stereocenters. The fourth-order valence-corrected chi connectivity index (χ4v) is 3.80. The molecule has 1 aliphatic rings. The van der Waals surface area contributed by atoms with E-state index in [1.807, 2.05) is 53.9 Å². The van der Waals surface area contributed by atoms with Crippen LogP contribution in [0.15, 0.2) is 30.3 Å². The predicted molar refractivity (Wildman–Crippen MR) is 92.9 cm³/mol. The second kappa shape index (κ2) is 7.52. The van der Waals surface area contributed by atoms with Crippen LogP contribution in [0.2, 0.25) is 0 Å². The number of halogens is 1. The van der Waals surface area contributed by atoms with Gasteiger partial charge in [-0.2, -0.15) is 11.8 Å². The summed E-state index contributed by atoms with van der Waals surface area (Å²) in [5.41, 5.74) is 6.28. The Hall–Kier alpha value is -0.710. The average Bonchev–Trinajstić information content (AvgIpc) is 2.47. The van der Waals surface area contributed by atoms with Gasteiger partial charge in [-0.15, -0.1) is 12.4 Å². The maximum absolute atomic E-state index is 12.8. The van der Waals surface area contributed by atoms with Gasteiger partial charge in [0.15, 0.2) is 0 Å². The van der Waals surface area contributed by atoms with E-state index in [1.165, 1.54) is 0 Å². The van der Waals surface area contributed by atoms with Crippen molar-refractivity contribution in [2.45, 2.75) is 31.6 Å². The number of thioether (sulfide) groups is 1. The van der Waals surface area contributed by atoms with Gasteiger partial charge in [0.2, 0.25) is 5.91 Å². The van der Waals surface area contributed by atoms with E-state index in [2.05, 4.69) is 13.8 Å². The van der Waals surface area contributed by atoms with Gasteiger partial charge in [-0.3, -0.25) is 4.79 Å². The SMILES string of the molecule is CC(C)C1CN(C(=O)C(C)(N)c2ccccc2)CCS1.Cl. The molecule has 21 heavy (non-hydrogen) atoms. The second-order valence-corrected chi connectivity index (χ2v) is 7.32. The third kappa shape index (κ3) is 4.15. The molecule has 0 saturated carbocycles. The van der Waals surface area contributed by atoms with E-state index < -0.39 is 5.54 Å². The van der Waals surface area contributed by atoms with Crippen LogP contribution >= 0.6 is 24.2 Å². The van der Waals surface area contributed by atoms with Gasteiger partial charge >= 0.3 is 0 Å². The second-order valence-electron chi connectivity index (χ2n) is 5.97. The van der Waals surface area contributed by atoms with Gasteiger partial charge < -0.3 is 10.6 Å². The topological polar surface area (TPSA) is 46.3 Å². The highest BCUT2D eigenvalue weighted by Gasteiger charge is 2.37. The van der Waals surface area contributed by atoms with E-state index in [0.29, 0.717) is 11.2 Å². The maximum Gasteiger partial charge on any atom is 0.247 e. The molecule has 1 aromatic carbocycles. The first-order chi connectivity index (χ1) is 9.43. The van der Waals surface area contributed by atoms with E-state index in [9.17, 15) is 4.79 Å². The largest absolute Gasteiger partial charge is 0.339 e. The Bertz CT molecular complexity index is 465. The van der Waals surface area contributed by atoms with Gasteiger partial charge in [0.1, 0.15) is 5.54 Å². The summed E-state index contributed by atoms with van der Waals surface area (Å²) in [5.74, 6) is 1.62. The number of hydrogen-bond acceptors (Lipinski definition) is 3. The molecule has 2 atom stereocenters. The number of carbonyl (C=O) groups excluding carboxylic acids is 1. The summed E-state index contributed by atoms with van der Waals surface area (Å²) in [7, 11) is 0. The third-order valence-corrected chi connectivity index (χ3v) is 5.48. The number of amides is 1. The smallest absolute Gasteiger partial charge is 0.247 e. The minimum Gasteiger partial charge on any atom is -0.339 e. The summed E-state index contributed by atoms with van der Waals surface area (Å²) >= 11 is 1.96. The van der Waals surface area contributed by atoms with Crippen LogP contribution in [0.25, 0.3) is 0 Å². The standard InChI is InChI=1S/C16H24N2OS.ClH/c1-12(2)14-11-18(9-10-20-14)15(19)16(3,17)13-7-5-4-6-8-13;/h4-8,12,14H,9-11,17H2,1-3H3;1H. The molecule has 1 heterocycles. The lowest BCUT2D eigenvalue weighted by Crippen LogP contribution is -2.54. The molecule has 0 bridgehead atoms. The number of rotatable bonds is 3. The van der Waals surface area contributed by atoms with Crippen molar-refractivity contribution in [1.29, 1.82) is 0 Å². The molecule has 2 rings (SSSR count). The summed E-state index contributed by atoms with van der Waals surface area (Å²) < 4.78 is 0. The van der Waals surface area contributed by atoms with E-state index >= 15 is 0 Å². The summed E-state index contributed by atoms with van der Waals surface area (Å²) in [4.78, 5) is 14.7. The first kappa shape index (κ1) is 18.3. The molecule has 0 aliphatic carbocycles. The first-order valence-corrected chi connectivity index (χ1v) is 8.23. The van der Waals surface area contributed by atoms with Crippen LogP contribution < -0.4 is 5.73 Å². The highest BCUT2D eigenvalue weighted by Crippen LogP contribution is 2.28. The Morgan fingerprint density at radius 1 is 1.38 bits per heavy atom. The van der Waals surface area contributed by atoms with Crippen LogP contribution in [-0.4, -0.2) is 34.9 Å². The number of benzene rings is 1. The quantitative estimate of drug-likeness (QED) is 0.928. The van der Waals surface area contributed by atoms with E-state index in [1.54, 1.807) is 0 Å². The van der Waals surface area contributed by atoms with Crippen molar-refractivity contribution < 1.29 is 4.79 Å². The molecule has 2 N–H and O–H groups in total. The zero-order chi connectivity index (χ0) is 14.8. The minimum atomic E-state index is -0.940. The Balaban J connectivity index is 0.00000220. The molecular weight excluding hydrogens is 304 g/mol. The van der Waals surface area contributed by atoms with Crippen LogP contribution in [0.4, 0.5) is 0 Å². The molecule has 5 heteroatoms. The minimum absolute atomic E-state index is 0. The number of nitrogens with zero attached hydrogens (tertiary/aromatic N) is 1. The molecule has 1 aromatic rings. The number of hydrogen-bond donors (Lipinski definition) is 1. The maximum atomic E-state index is 12.8. The van der Waals surface area contributed by atoms with Gasteiger partial charge in [0, 0.05) is 24.1 Å². The zero-order valence-electron chi connectivity index (χ0n) is 12.9. The summed E-state index contributed by atoms with van der Waals surface area (Å²) in [6.45, 7) is 7.85. The highest BCUT2D eigenvalue weighted by atomic mass is 35.5. The van der Waals surface area contributed by atoms with Crippen molar-refractivity contribution in [2.24, 2.45) is 11.7 Å².